The molecule has 0 aliphatic rings. The summed E-state index contributed by atoms with van der Waals surface area (Å²) in [4.78, 5) is 14.2. The number of rotatable bonds is 1. The van der Waals surface area contributed by atoms with Gasteiger partial charge in [-0.15, -0.1) is 0 Å². The van der Waals surface area contributed by atoms with E-state index >= 15 is 0 Å². The van der Waals surface area contributed by atoms with Crippen molar-refractivity contribution in [2.45, 2.75) is 0 Å². The molecule has 0 bridgehead atoms. The summed E-state index contributed by atoms with van der Waals surface area (Å²) >= 11 is 0. The molecule has 0 aliphatic carbocycles. The van der Waals surface area contributed by atoms with Crippen molar-refractivity contribution < 1.29 is 14.4 Å². The highest BCUT2D eigenvalue weighted by Crippen LogP contribution is 2.11. The summed E-state index contributed by atoms with van der Waals surface area (Å²) in [6.07, 6.45) is 2.66. The second kappa shape index (κ2) is 2.30. The molecule has 0 atom stereocenters. The molecule has 5 heteroatoms. The third kappa shape index (κ3) is 0.914. The van der Waals surface area contributed by atoms with Gasteiger partial charge in [0.25, 0.3) is 5.71 Å². The van der Waals surface area contributed by atoms with Crippen molar-refractivity contribution in [2.24, 2.45) is 0 Å². The number of hydrogen-bond donors (Lipinski definition) is 1. The van der Waals surface area contributed by atoms with Crippen LogP contribution >= 0.6 is 0 Å². The van der Waals surface area contributed by atoms with Gasteiger partial charge in [0.05, 0.1) is 17.1 Å². The summed E-state index contributed by atoms with van der Waals surface area (Å²) in [5.41, 5.74) is 0.478. The van der Waals surface area contributed by atoms with E-state index in [-0.39, 0.29) is 5.56 Å². The first kappa shape index (κ1) is 6.78. The molecular formula is C7H4N2O3. The number of carboxylic acids is 1. The lowest BCUT2D eigenvalue weighted by Crippen LogP contribution is -1.95. The standard InChI is InChI=1S/C7H4N2O3/c10-7(11)5-1-4-3-9-12-6(4)8-2-5/h1-3H,(H,10,11). The highest BCUT2D eigenvalue weighted by atomic mass is 16.5. The molecule has 2 heterocycles. The molecule has 60 valence electrons. The van der Waals surface area contributed by atoms with Crippen molar-refractivity contribution in [3.05, 3.63) is 24.0 Å². The van der Waals surface area contributed by atoms with Crippen molar-refractivity contribution in [3.63, 3.8) is 0 Å². The SMILES string of the molecule is O=C(O)c1cnc2oncc2c1. The fraction of sp³-hybridized carbons (Fsp3) is 0. The van der Waals surface area contributed by atoms with E-state index in [0.717, 1.165) is 0 Å². The summed E-state index contributed by atoms with van der Waals surface area (Å²) in [6, 6.07) is 1.46. The van der Waals surface area contributed by atoms with Crippen LogP contribution in [-0.4, -0.2) is 21.2 Å². The van der Waals surface area contributed by atoms with Gasteiger partial charge in [-0.05, 0) is 6.07 Å². The molecule has 1 N–H and O–H groups in total. The van der Waals surface area contributed by atoms with Crippen molar-refractivity contribution in [1.82, 2.24) is 10.1 Å². The molecular weight excluding hydrogens is 160 g/mol. The number of hydrogen-bond acceptors (Lipinski definition) is 4. The fourth-order valence-electron chi connectivity index (χ4n) is 0.888. The molecule has 0 unspecified atom stereocenters. The first-order valence-corrected chi connectivity index (χ1v) is 3.21. The summed E-state index contributed by atoms with van der Waals surface area (Å²) in [5.74, 6) is -1.01. The number of carbonyl (C=O) groups is 1. The Kier molecular flexibility index (Phi) is 1.30. The predicted molar refractivity (Wildman–Crippen MR) is 38.8 cm³/mol. The van der Waals surface area contributed by atoms with Crippen LogP contribution in [-0.2, 0) is 0 Å². The zero-order valence-corrected chi connectivity index (χ0v) is 5.89. The quantitative estimate of drug-likeness (QED) is 0.678. The van der Waals surface area contributed by atoms with Gasteiger partial charge in [0.2, 0.25) is 0 Å². The van der Waals surface area contributed by atoms with E-state index in [4.69, 9.17) is 9.63 Å². The second-order valence-corrected chi connectivity index (χ2v) is 2.25. The van der Waals surface area contributed by atoms with Gasteiger partial charge in [0, 0.05) is 6.20 Å². The number of aromatic nitrogens is 2. The Labute approximate surface area is 66.6 Å². The largest absolute Gasteiger partial charge is 0.478 e. The van der Waals surface area contributed by atoms with E-state index < -0.39 is 5.97 Å². The van der Waals surface area contributed by atoms with Crippen molar-refractivity contribution in [3.8, 4) is 0 Å². The second-order valence-electron chi connectivity index (χ2n) is 2.25. The van der Waals surface area contributed by atoms with Crippen molar-refractivity contribution >= 4 is 17.1 Å². The minimum Gasteiger partial charge on any atom is -0.478 e. The maximum absolute atomic E-state index is 10.5. The van der Waals surface area contributed by atoms with E-state index in [0.29, 0.717) is 11.1 Å². The molecule has 2 aromatic rings. The maximum atomic E-state index is 10.5. The Morgan fingerprint density at radius 3 is 3.08 bits per heavy atom. The molecule has 5 nitrogen and oxygen atoms in total. The molecule has 12 heavy (non-hydrogen) atoms. The van der Waals surface area contributed by atoms with Crippen LogP contribution < -0.4 is 0 Å². The van der Waals surface area contributed by atoms with E-state index in [2.05, 4.69) is 10.1 Å². The van der Waals surface area contributed by atoms with Crippen molar-refractivity contribution in [1.29, 1.82) is 0 Å². The normalized spacial score (nSPS) is 10.3. The van der Waals surface area contributed by atoms with Gasteiger partial charge in [-0.25, -0.2) is 9.78 Å². The minimum atomic E-state index is -1.01. The summed E-state index contributed by atoms with van der Waals surface area (Å²) in [7, 11) is 0. The molecule has 0 fully saturated rings. The first-order valence-electron chi connectivity index (χ1n) is 3.21. The molecule has 0 saturated heterocycles. The number of fused-ring (bicyclic) bond motifs is 1. The Morgan fingerprint density at radius 2 is 2.33 bits per heavy atom. The minimum absolute atomic E-state index is 0.130. The average molecular weight is 164 g/mol. The van der Waals surface area contributed by atoms with E-state index in [1.54, 1.807) is 0 Å². The Bertz CT molecular complexity index is 435. The summed E-state index contributed by atoms with van der Waals surface area (Å²) < 4.78 is 4.70. The van der Waals surface area contributed by atoms with Crippen LogP contribution in [0.4, 0.5) is 0 Å². The van der Waals surface area contributed by atoms with Crippen LogP contribution in [0.3, 0.4) is 0 Å². The number of carboxylic acid groups (broad SMARTS) is 1. The summed E-state index contributed by atoms with van der Waals surface area (Å²) in [5, 5.41) is 12.7. The van der Waals surface area contributed by atoms with E-state index in [1.165, 1.54) is 18.5 Å². The molecule has 0 amide bonds. The lowest BCUT2D eigenvalue weighted by atomic mass is 10.2. The number of aromatic carboxylic acids is 1. The number of pyridine rings is 1. The smallest absolute Gasteiger partial charge is 0.337 e. The van der Waals surface area contributed by atoms with Crippen LogP contribution in [0, 0.1) is 0 Å². The van der Waals surface area contributed by atoms with Crippen LogP contribution in [0.2, 0.25) is 0 Å². The molecule has 0 spiro atoms. The van der Waals surface area contributed by atoms with Crippen LogP contribution in [0.1, 0.15) is 10.4 Å². The molecule has 2 rings (SSSR count). The van der Waals surface area contributed by atoms with Crippen LogP contribution in [0.5, 0.6) is 0 Å². The van der Waals surface area contributed by atoms with E-state index in [9.17, 15) is 4.79 Å². The molecule has 0 aromatic carbocycles. The van der Waals surface area contributed by atoms with E-state index in [1.807, 2.05) is 0 Å². The van der Waals surface area contributed by atoms with Gasteiger partial charge in [0.15, 0.2) is 0 Å². The fourth-order valence-corrected chi connectivity index (χ4v) is 0.888. The monoisotopic (exact) mass is 164 g/mol. The molecule has 2 aromatic heterocycles. The number of nitrogens with zero attached hydrogens (tertiary/aromatic N) is 2. The predicted octanol–water partition coefficient (Wildman–Crippen LogP) is 0.921. The first-order chi connectivity index (χ1) is 5.77. The third-order valence-electron chi connectivity index (χ3n) is 1.46. The maximum Gasteiger partial charge on any atom is 0.337 e. The molecule has 0 saturated carbocycles. The highest BCUT2D eigenvalue weighted by Gasteiger charge is 2.06. The average Bonchev–Trinajstić information content (AvgIpc) is 2.49. The van der Waals surface area contributed by atoms with Gasteiger partial charge in [-0.1, -0.05) is 5.16 Å². The van der Waals surface area contributed by atoms with Crippen LogP contribution in [0.15, 0.2) is 23.0 Å². The lowest BCUT2D eigenvalue weighted by Gasteiger charge is -1.90. The molecule has 0 aliphatic heterocycles. The lowest BCUT2D eigenvalue weighted by molar-refractivity contribution is 0.0696. The highest BCUT2D eigenvalue weighted by molar-refractivity contribution is 5.91. The van der Waals surface area contributed by atoms with Gasteiger partial charge in [-0.2, -0.15) is 0 Å². The van der Waals surface area contributed by atoms with Crippen LogP contribution in [0.25, 0.3) is 11.1 Å². The zero-order chi connectivity index (χ0) is 8.55. The summed E-state index contributed by atoms with van der Waals surface area (Å²) in [6.45, 7) is 0. The third-order valence-corrected chi connectivity index (χ3v) is 1.46. The Hall–Kier alpha value is -1.91. The van der Waals surface area contributed by atoms with Gasteiger partial charge in [-0.3, -0.25) is 0 Å². The van der Waals surface area contributed by atoms with Gasteiger partial charge >= 0.3 is 5.97 Å². The topological polar surface area (TPSA) is 76.2 Å². The van der Waals surface area contributed by atoms with Gasteiger partial charge < -0.3 is 9.63 Å². The van der Waals surface area contributed by atoms with Gasteiger partial charge in [0.1, 0.15) is 0 Å². The zero-order valence-electron chi connectivity index (χ0n) is 5.89. The Balaban J connectivity index is 2.68. The molecule has 0 radical (unpaired) electrons. The Morgan fingerprint density at radius 1 is 1.50 bits per heavy atom. The van der Waals surface area contributed by atoms with Crippen molar-refractivity contribution in [2.75, 3.05) is 0 Å².